The summed E-state index contributed by atoms with van der Waals surface area (Å²) in [5, 5.41) is 18.7. The minimum atomic E-state index is -3.79. The van der Waals surface area contributed by atoms with Gasteiger partial charge in [0.2, 0.25) is 10.0 Å². The molecule has 0 amide bonds. The normalized spacial score (nSPS) is 13.4. The van der Waals surface area contributed by atoms with Crippen molar-refractivity contribution in [3.8, 4) is 0 Å². The van der Waals surface area contributed by atoms with Gasteiger partial charge in [0.05, 0.1) is 0 Å². The molecule has 0 aliphatic carbocycles. The molecule has 0 radical (unpaired) electrons. The summed E-state index contributed by atoms with van der Waals surface area (Å²) in [5.41, 5.74) is 5.11. The third kappa shape index (κ3) is 4.86. The van der Waals surface area contributed by atoms with E-state index in [-0.39, 0.29) is 17.1 Å². The molecule has 0 aliphatic rings. The highest BCUT2D eigenvalue weighted by atomic mass is 32.2. The number of nitrogens with two attached hydrogens (primary N) is 1. The number of rotatable bonds is 8. The van der Waals surface area contributed by atoms with Crippen molar-refractivity contribution in [2.45, 2.75) is 24.2 Å². The summed E-state index contributed by atoms with van der Waals surface area (Å²) in [6, 6.07) is 5.54. The second-order valence-electron chi connectivity index (χ2n) is 4.05. The quantitative estimate of drug-likeness (QED) is 0.380. The molecule has 0 spiro atoms. The van der Waals surface area contributed by atoms with Crippen molar-refractivity contribution in [2.75, 3.05) is 13.1 Å². The largest absolute Gasteiger partial charge is 0.595 e. The van der Waals surface area contributed by atoms with Crippen LogP contribution in [0.25, 0.3) is 0 Å². The van der Waals surface area contributed by atoms with Gasteiger partial charge in [-0.2, -0.15) is 5.23 Å². The van der Waals surface area contributed by atoms with Crippen molar-refractivity contribution < 1.29 is 18.9 Å². The summed E-state index contributed by atoms with van der Waals surface area (Å²) in [6.45, 7) is 0.852. The minimum Gasteiger partial charge on any atom is -0.595 e. The molecular weight excluding hydrogens is 270 g/mol. The minimum absolute atomic E-state index is 0.207. The summed E-state index contributed by atoms with van der Waals surface area (Å²) in [5.74, 6) is 0. The molecule has 0 fully saturated rings. The molecule has 0 heterocycles. The molecule has 1 aromatic rings. The van der Waals surface area contributed by atoms with Gasteiger partial charge in [-0.15, -0.1) is 0 Å². The molecule has 1 atom stereocenters. The van der Waals surface area contributed by atoms with Gasteiger partial charge in [0.25, 0.3) is 0 Å². The van der Waals surface area contributed by atoms with Crippen LogP contribution in [0.4, 0.5) is 5.69 Å². The van der Waals surface area contributed by atoms with Gasteiger partial charge in [-0.3, -0.25) is 0 Å². The van der Waals surface area contributed by atoms with Crippen LogP contribution in [0, 0.1) is 5.21 Å². The lowest BCUT2D eigenvalue weighted by molar-refractivity contribution is -0.992. The molecule has 1 unspecified atom stereocenters. The maximum Gasteiger partial charge on any atom is 0.246 e. The molecule has 0 aromatic heterocycles. The number of nitrogens with one attached hydrogen (secondary N) is 2. The Morgan fingerprint density at radius 1 is 1.26 bits per heavy atom. The van der Waals surface area contributed by atoms with E-state index in [2.05, 4.69) is 4.72 Å². The molecule has 19 heavy (non-hydrogen) atoms. The van der Waals surface area contributed by atoms with E-state index in [0.29, 0.717) is 13.0 Å². The predicted octanol–water partition coefficient (Wildman–Crippen LogP) is -0.503. The molecule has 108 valence electrons. The van der Waals surface area contributed by atoms with E-state index >= 15 is 0 Å². The van der Waals surface area contributed by atoms with Crippen molar-refractivity contribution in [3.63, 3.8) is 0 Å². The van der Waals surface area contributed by atoms with Gasteiger partial charge < -0.3 is 10.9 Å². The number of unbranched alkanes of at least 4 members (excludes halogenated alkanes) is 2. The van der Waals surface area contributed by atoms with Crippen LogP contribution in [0.5, 0.6) is 0 Å². The molecular formula is C11H19N3O4S. The summed E-state index contributed by atoms with van der Waals surface area (Å²) in [7, 11) is -3.79. The Labute approximate surface area is 112 Å². The second kappa shape index (κ2) is 7.53. The van der Waals surface area contributed by atoms with E-state index in [1.807, 2.05) is 0 Å². The molecule has 8 heteroatoms. The van der Waals surface area contributed by atoms with Crippen molar-refractivity contribution in [2.24, 2.45) is 5.73 Å². The highest BCUT2D eigenvalue weighted by molar-refractivity contribution is 7.89. The van der Waals surface area contributed by atoms with Crippen LogP contribution < -0.4 is 15.7 Å². The smallest absolute Gasteiger partial charge is 0.246 e. The Bertz CT molecular complexity index is 490. The lowest BCUT2D eigenvalue weighted by Crippen LogP contribution is -2.99. The lowest BCUT2D eigenvalue weighted by Gasteiger charge is -2.15. The molecule has 7 nitrogen and oxygen atoms in total. The van der Waals surface area contributed by atoms with E-state index in [9.17, 15) is 13.6 Å². The van der Waals surface area contributed by atoms with E-state index in [4.69, 9.17) is 10.9 Å². The summed E-state index contributed by atoms with van der Waals surface area (Å²) in [4.78, 5) is -0.207. The van der Waals surface area contributed by atoms with Gasteiger partial charge in [-0.25, -0.2) is 18.3 Å². The van der Waals surface area contributed by atoms with Crippen LogP contribution >= 0.6 is 0 Å². The zero-order valence-electron chi connectivity index (χ0n) is 10.5. The molecule has 0 saturated heterocycles. The Balaban J connectivity index is 2.72. The van der Waals surface area contributed by atoms with E-state index in [1.54, 1.807) is 0 Å². The first kappa shape index (κ1) is 16.0. The molecule has 5 N–H and O–H groups in total. The summed E-state index contributed by atoms with van der Waals surface area (Å²) in [6.07, 6.45) is 2.35. The highest BCUT2D eigenvalue weighted by Crippen LogP contribution is 2.16. The second-order valence-corrected chi connectivity index (χ2v) is 5.78. The fourth-order valence-electron chi connectivity index (χ4n) is 1.61. The maximum absolute atomic E-state index is 12.0. The average Bonchev–Trinajstić information content (AvgIpc) is 2.38. The Hall–Kier alpha value is -1.03. The first-order valence-corrected chi connectivity index (χ1v) is 7.49. The zero-order valence-corrected chi connectivity index (χ0v) is 11.3. The number of hydrogen-bond donors (Lipinski definition) is 4. The Morgan fingerprint density at radius 2 is 1.95 bits per heavy atom. The maximum atomic E-state index is 12.0. The number of benzene rings is 1. The Kier molecular flexibility index (Phi) is 6.35. The first-order valence-electron chi connectivity index (χ1n) is 6.01. The van der Waals surface area contributed by atoms with Crippen LogP contribution in [-0.2, 0) is 10.0 Å². The third-order valence-corrected chi connectivity index (χ3v) is 4.10. The summed E-state index contributed by atoms with van der Waals surface area (Å²) < 4.78 is 26.4. The zero-order chi connectivity index (χ0) is 14.3. The van der Waals surface area contributed by atoms with Gasteiger partial charge in [0.1, 0.15) is 4.90 Å². The molecule has 1 aromatic carbocycles. The summed E-state index contributed by atoms with van der Waals surface area (Å²) >= 11 is 0. The topological polar surface area (TPSA) is 120 Å². The molecule has 1 rings (SSSR count). The van der Waals surface area contributed by atoms with Crippen LogP contribution in [0.15, 0.2) is 29.2 Å². The van der Waals surface area contributed by atoms with Crippen LogP contribution in [0.1, 0.15) is 19.3 Å². The SMILES string of the molecule is NCCCCCNS(=O)(=O)c1ccccc1[NH+]([O-])O. The lowest BCUT2D eigenvalue weighted by atomic mass is 10.2. The van der Waals surface area contributed by atoms with Crippen LogP contribution in [0.3, 0.4) is 0 Å². The van der Waals surface area contributed by atoms with Crippen LogP contribution in [-0.4, -0.2) is 26.7 Å². The van der Waals surface area contributed by atoms with Gasteiger partial charge in [-0.05, 0) is 25.5 Å². The molecule has 0 bridgehead atoms. The standard InChI is InChI=1S/C11H19N3O4S/c12-8-4-1-5-9-13-19(17,18)11-7-3-2-6-10(11)14(15)16/h2-3,6-7,13-15H,1,4-5,8-9,12H2. The van der Waals surface area contributed by atoms with Crippen molar-refractivity contribution >= 4 is 15.7 Å². The van der Waals surface area contributed by atoms with Crippen molar-refractivity contribution in [3.05, 3.63) is 29.5 Å². The van der Waals surface area contributed by atoms with Gasteiger partial charge in [-0.1, -0.05) is 18.6 Å². The average molecular weight is 289 g/mol. The van der Waals surface area contributed by atoms with E-state index < -0.39 is 15.2 Å². The molecule has 0 aliphatic heterocycles. The number of hydrogen-bond acceptors (Lipinski definition) is 5. The van der Waals surface area contributed by atoms with E-state index in [1.165, 1.54) is 24.3 Å². The van der Waals surface area contributed by atoms with E-state index in [0.717, 1.165) is 12.8 Å². The van der Waals surface area contributed by atoms with Crippen LogP contribution in [0.2, 0.25) is 0 Å². The van der Waals surface area contributed by atoms with Gasteiger partial charge in [0.15, 0.2) is 5.69 Å². The van der Waals surface area contributed by atoms with Crippen molar-refractivity contribution in [1.82, 2.24) is 4.72 Å². The van der Waals surface area contributed by atoms with Gasteiger partial charge >= 0.3 is 0 Å². The number of sulfonamides is 1. The predicted molar refractivity (Wildman–Crippen MR) is 70.3 cm³/mol. The van der Waals surface area contributed by atoms with Gasteiger partial charge in [0, 0.05) is 12.6 Å². The highest BCUT2D eigenvalue weighted by Gasteiger charge is 2.21. The third-order valence-electron chi connectivity index (χ3n) is 2.58. The number of quaternary nitrogens is 1. The molecule has 0 saturated carbocycles. The monoisotopic (exact) mass is 289 g/mol. The van der Waals surface area contributed by atoms with Crippen molar-refractivity contribution in [1.29, 1.82) is 0 Å². The number of para-hydroxylation sites is 1. The fourth-order valence-corrected chi connectivity index (χ4v) is 2.88. The Morgan fingerprint density at radius 3 is 2.58 bits per heavy atom. The first-order chi connectivity index (χ1) is 8.99. The fraction of sp³-hybridized carbons (Fsp3) is 0.455.